The van der Waals surface area contributed by atoms with Crippen molar-refractivity contribution in [1.82, 2.24) is 4.98 Å². The second kappa shape index (κ2) is 5.75. The molecule has 20 heavy (non-hydrogen) atoms. The molecule has 0 spiro atoms. The summed E-state index contributed by atoms with van der Waals surface area (Å²) < 4.78 is 10.6. The second-order valence-corrected chi connectivity index (χ2v) is 4.35. The van der Waals surface area contributed by atoms with Gasteiger partial charge in [-0.1, -0.05) is 11.6 Å². The van der Waals surface area contributed by atoms with Gasteiger partial charge >= 0.3 is 5.69 Å². The lowest BCUT2D eigenvalue weighted by atomic mass is 10.2. The Hall–Kier alpha value is -2.34. The van der Waals surface area contributed by atoms with Crippen LogP contribution in [-0.2, 0) is 0 Å². The van der Waals surface area contributed by atoms with E-state index < -0.39 is 4.92 Å². The maximum Gasteiger partial charge on any atom is 0.311 e. The molecule has 0 aliphatic rings. The highest BCUT2D eigenvalue weighted by molar-refractivity contribution is 6.29. The molecule has 0 radical (unpaired) electrons. The zero-order chi connectivity index (χ0) is 14.7. The highest BCUT2D eigenvalue weighted by Crippen LogP contribution is 2.36. The lowest BCUT2D eigenvalue weighted by Gasteiger charge is -2.10. The van der Waals surface area contributed by atoms with Crippen molar-refractivity contribution in [2.45, 2.75) is 6.92 Å². The third-order valence-electron chi connectivity index (χ3n) is 2.60. The molecular weight excluding hydrogens is 284 g/mol. The van der Waals surface area contributed by atoms with Gasteiger partial charge in [-0.2, -0.15) is 0 Å². The van der Waals surface area contributed by atoms with Gasteiger partial charge in [0.05, 0.1) is 12.0 Å². The number of aryl methyl sites for hydroxylation is 1. The topological polar surface area (TPSA) is 74.5 Å². The summed E-state index contributed by atoms with van der Waals surface area (Å²) in [4.78, 5) is 14.4. The van der Waals surface area contributed by atoms with E-state index in [9.17, 15) is 10.1 Å². The van der Waals surface area contributed by atoms with Gasteiger partial charge in [0.15, 0.2) is 0 Å². The van der Waals surface area contributed by atoms with Crippen molar-refractivity contribution in [1.29, 1.82) is 0 Å². The maximum atomic E-state index is 11.0. The third kappa shape index (κ3) is 2.97. The molecule has 0 saturated carbocycles. The fraction of sp³-hybridized carbons (Fsp3) is 0.154. The molecule has 0 aliphatic carbocycles. The molecule has 1 aromatic heterocycles. The normalized spacial score (nSPS) is 10.2. The summed E-state index contributed by atoms with van der Waals surface area (Å²) in [7, 11) is 1.47. The fourth-order valence-corrected chi connectivity index (χ4v) is 1.71. The Morgan fingerprint density at radius 3 is 2.70 bits per heavy atom. The molecule has 0 N–H and O–H groups in total. The van der Waals surface area contributed by atoms with Crippen molar-refractivity contribution in [3.8, 4) is 17.2 Å². The molecular formula is C13H11ClN2O4. The number of rotatable bonds is 4. The van der Waals surface area contributed by atoms with Crippen LogP contribution >= 0.6 is 11.6 Å². The van der Waals surface area contributed by atoms with Crippen molar-refractivity contribution < 1.29 is 14.4 Å². The standard InChI is InChI=1S/C13H11ClN2O4/c1-8-7-15-13(14)6-11(8)20-12-5-9(19-2)3-4-10(12)16(17)18/h3-7H,1-2H3. The lowest BCUT2D eigenvalue weighted by molar-refractivity contribution is -0.385. The molecule has 6 nitrogen and oxygen atoms in total. The zero-order valence-corrected chi connectivity index (χ0v) is 11.5. The second-order valence-electron chi connectivity index (χ2n) is 3.97. The first kappa shape index (κ1) is 14.1. The number of hydrogen-bond acceptors (Lipinski definition) is 5. The van der Waals surface area contributed by atoms with Gasteiger partial charge in [-0.05, 0) is 13.0 Å². The van der Waals surface area contributed by atoms with E-state index in [1.807, 2.05) is 0 Å². The van der Waals surface area contributed by atoms with Gasteiger partial charge < -0.3 is 9.47 Å². The minimum absolute atomic E-state index is 0.0831. The summed E-state index contributed by atoms with van der Waals surface area (Å²) in [5.41, 5.74) is 0.560. The number of hydrogen-bond donors (Lipinski definition) is 0. The first-order valence-corrected chi connectivity index (χ1v) is 6.01. The first-order valence-electron chi connectivity index (χ1n) is 5.63. The molecule has 0 fully saturated rings. The highest BCUT2D eigenvalue weighted by atomic mass is 35.5. The van der Waals surface area contributed by atoms with Gasteiger partial charge in [0.25, 0.3) is 0 Å². The van der Waals surface area contributed by atoms with Gasteiger partial charge in [-0.3, -0.25) is 10.1 Å². The summed E-state index contributed by atoms with van der Waals surface area (Å²) in [5.74, 6) is 0.949. The fourth-order valence-electron chi connectivity index (χ4n) is 1.56. The summed E-state index contributed by atoms with van der Waals surface area (Å²) in [6, 6.07) is 5.77. The van der Waals surface area contributed by atoms with Crippen LogP contribution in [0.3, 0.4) is 0 Å². The van der Waals surface area contributed by atoms with Gasteiger partial charge in [0, 0.05) is 30.0 Å². The minimum atomic E-state index is -0.521. The predicted octanol–water partition coefficient (Wildman–Crippen LogP) is 3.75. The van der Waals surface area contributed by atoms with E-state index in [0.29, 0.717) is 17.1 Å². The Balaban J connectivity index is 2.45. The average molecular weight is 295 g/mol. The Morgan fingerprint density at radius 1 is 1.30 bits per heavy atom. The monoisotopic (exact) mass is 294 g/mol. The quantitative estimate of drug-likeness (QED) is 0.487. The van der Waals surface area contributed by atoms with E-state index in [2.05, 4.69) is 4.98 Å². The Morgan fingerprint density at radius 2 is 2.05 bits per heavy atom. The van der Waals surface area contributed by atoms with Crippen LogP contribution in [0.2, 0.25) is 5.15 Å². The number of ether oxygens (including phenoxy) is 2. The number of benzene rings is 1. The summed E-state index contributed by atoms with van der Waals surface area (Å²) in [5, 5.41) is 11.3. The van der Waals surface area contributed by atoms with E-state index in [4.69, 9.17) is 21.1 Å². The molecule has 0 amide bonds. The smallest absolute Gasteiger partial charge is 0.311 e. The van der Waals surface area contributed by atoms with Crippen LogP contribution in [0, 0.1) is 17.0 Å². The molecule has 0 aliphatic heterocycles. The highest BCUT2D eigenvalue weighted by Gasteiger charge is 2.18. The van der Waals surface area contributed by atoms with E-state index in [0.717, 1.165) is 0 Å². The SMILES string of the molecule is COc1ccc([N+](=O)[O-])c(Oc2cc(Cl)ncc2C)c1. The molecule has 1 aromatic carbocycles. The van der Waals surface area contributed by atoms with Gasteiger partial charge in [-0.15, -0.1) is 0 Å². The van der Waals surface area contributed by atoms with Gasteiger partial charge in [0.1, 0.15) is 16.7 Å². The van der Waals surface area contributed by atoms with E-state index >= 15 is 0 Å². The third-order valence-corrected chi connectivity index (χ3v) is 2.81. The van der Waals surface area contributed by atoms with Crippen molar-refractivity contribution in [3.05, 3.63) is 51.3 Å². The van der Waals surface area contributed by atoms with E-state index in [1.165, 1.54) is 37.6 Å². The van der Waals surface area contributed by atoms with Gasteiger partial charge in [0.2, 0.25) is 5.75 Å². The Labute approximate surface area is 120 Å². The van der Waals surface area contributed by atoms with Crippen molar-refractivity contribution in [2.24, 2.45) is 0 Å². The molecule has 0 unspecified atom stereocenters. The molecule has 2 rings (SSSR count). The summed E-state index contributed by atoms with van der Waals surface area (Å²) in [6.45, 7) is 1.77. The number of nitro groups is 1. The summed E-state index contributed by atoms with van der Waals surface area (Å²) >= 11 is 5.79. The number of pyridine rings is 1. The number of halogens is 1. The number of aromatic nitrogens is 1. The van der Waals surface area contributed by atoms with E-state index in [1.54, 1.807) is 6.92 Å². The van der Waals surface area contributed by atoms with Crippen LogP contribution in [0.25, 0.3) is 0 Å². The molecule has 0 saturated heterocycles. The van der Waals surface area contributed by atoms with Crippen LogP contribution in [0.4, 0.5) is 5.69 Å². The lowest BCUT2D eigenvalue weighted by Crippen LogP contribution is -1.96. The van der Waals surface area contributed by atoms with Crippen molar-refractivity contribution in [2.75, 3.05) is 7.11 Å². The molecule has 1 heterocycles. The number of methoxy groups -OCH3 is 1. The zero-order valence-electron chi connectivity index (χ0n) is 10.8. The van der Waals surface area contributed by atoms with Crippen LogP contribution < -0.4 is 9.47 Å². The first-order chi connectivity index (χ1) is 9.51. The van der Waals surface area contributed by atoms with Crippen LogP contribution in [0.5, 0.6) is 17.2 Å². The molecule has 0 atom stereocenters. The summed E-state index contributed by atoms with van der Waals surface area (Å²) in [6.07, 6.45) is 1.53. The number of nitrogens with zero attached hydrogens (tertiary/aromatic N) is 2. The molecule has 7 heteroatoms. The van der Waals surface area contributed by atoms with Crippen molar-refractivity contribution >= 4 is 17.3 Å². The van der Waals surface area contributed by atoms with Crippen molar-refractivity contribution in [3.63, 3.8) is 0 Å². The number of nitro benzene ring substituents is 1. The van der Waals surface area contributed by atoms with Crippen LogP contribution in [0.1, 0.15) is 5.56 Å². The maximum absolute atomic E-state index is 11.0. The molecule has 0 bridgehead atoms. The van der Waals surface area contributed by atoms with Crippen LogP contribution in [-0.4, -0.2) is 17.0 Å². The Bertz CT molecular complexity index is 661. The van der Waals surface area contributed by atoms with E-state index in [-0.39, 0.29) is 16.6 Å². The largest absolute Gasteiger partial charge is 0.497 e. The predicted molar refractivity (Wildman–Crippen MR) is 73.7 cm³/mol. The Kier molecular flexibility index (Phi) is 4.05. The minimum Gasteiger partial charge on any atom is -0.497 e. The van der Waals surface area contributed by atoms with Crippen LogP contribution in [0.15, 0.2) is 30.5 Å². The van der Waals surface area contributed by atoms with Gasteiger partial charge in [-0.25, -0.2) is 4.98 Å². The average Bonchev–Trinajstić information content (AvgIpc) is 2.42. The molecule has 104 valence electrons. The molecule has 2 aromatic rings.